The lowest BCUT2D eigenvalue weighted by Crippen LogP contribution is -1.98. The Morgan fingerprint density at radius 3 is 2.48 bits per heavy atom. The first-order valence-corrected chi connectivity index (χ1v) is 9.20. The largest absolute Gasteiger partial charge is 0.455 e. The zero-order chi connectivity index (χ0) is 16.4. The third-order valence-electron chi connectivity index (χ3n) is 3.32. The Morgan fingerprint density at radius 1 is 1.09 bits per heavy atom. The van der Waals surface area contributed by atoms with E-state index in [0.29, 0.717) is 17.3 Å². The van der Waals surface area contributed by atoms with Gasteiger partial charge in [-0.2, -0.15) is 4.98 Å². The number of sulfone groups is 1. The van der Waals surface area contributed by atoms with E-state index in [-0.39, 0.29) is 11.6 Å². The summed E-state index contributed by atoms with van der Waals surface area (Å²) in [4.78, 5) is 4.30. The van der Waals surface area contributed by atoms with E-state index >= 15 is 0 Å². The van der Waals surface area contributed by atoms with E-state index < -0.39 is 9.84 Å². The first-order valence-electron chi connectivity index (χ1n) is 7.14. The van der Waals surface area contributed by atoms with Crippen LogP contribution in [0.1, 0.15) is 18.2 Å². The van der Waals surface area contributed by atoms with Crippen LogP contribution in [-0.4, -0.2) is 24.8 Å². The fourth-order valence-corrected chi connectivity index (χ4v) is 2.83. The molecule has 2 heterocycles. The van der Waals surface area contributed by atoms with Crippen LogP contribution in [0.25, 0.3) is 23.0 Å². The number of rotatable bonds is 5. The second-order valence-corrected chi connectivity index (χ2v) is 7.45. The van der Waals surface area contributed by atoms with Gasteiger partial charge in [-0.25, -0.2) is 8.42 Å². The first kappa shape index (κ1) is 15.5. The van der Waals surface area contributed by atoms with E-state index in [1.165, 1.54) is 5.56 Å². The quantitative estimate of drug-likeness (QED) is 0.713. The molecule has 23 heavy (non-hydrogen) atoms. The van der Waals surface area contributed by atoms with E-state index in [9.17, 15) is 8.42 Å². The van der Waals surface area contributed by atoms with Crippen LogP contribution in [0.5, 0.6) is 0 Å². The summed E-state index contributed by atoms with van der Waals surface area (Å²) >= 11 is 0. The molecule has 120 valence electrons. The predicted octanol–water partition coefficient (Wildman–Crippen LogP) is 3.10. The average molecular weight is 332 g/mol. The highest BCUT2D eigenvalue weighted by atomic mass is 32.2. The standard InChI is InChI=1S/C16H16N2O4S/c1-3-11-4-6-12(7-5-11)15-17-16(22-18-15)14-9-8-13(21-14)10-23(2,19)20/h4-9H,3,10H2,1-2H3. The molecule has 2 aromatic heterocycles. The van der Waals surface area contributed by atoms with E-state index in [2.05, 4.69) is 17.1 Å². The van der Waals surface area contributed by atoms with Gasteiger partial charge in [-0.15, -0.1) is 0 Å². The molecule has 1 aromatic carbocycles. The Bertz CT molecular complexity index is 908. The number of furan rings is 1. The van der Waals surface area contributed by atoms with Gasteiger partial charge in [0.05, 0.1) is 0 Å². The van der Waals surface area contributed by atoms with Gasteiger partial charge < -0.3 is 8.94 Å². The van der Waals surface area contributed by atoms with Gasteiger partial charge in [0.1, 0.15) is 11.5 Å². The van der Waals surface area contributed by atoms with Crippen LogP contribution in [0.15, 0.2) is 45.3 Å². The van der Waals surface area contributed by atoms with Crippen LogP contribution in [0, 0.1) is 0 Å². The van der Waals surface area contributed by atoms with Crippen LogP contribution in [0.3, 0.4) is 0 Å². The van der Waals surface area contributed by atoms with E-state index in [1.54, 1.807) is 12.1 Å². The van der Waals surface area contributed by atoms with Crippen molar-refractivity contribution >= 4 is 9.84 Å². The van der Waals surface area contributed by atoms with Gasteiger partial charge in [-0.1, -0.05) is 36.3 Å². The zero-order valence-electron chi connectivity index (χ0n) is 12.8. The first-order chi connectivity index (χ1) is 10.9. The lowest BCUT2D eigenvalue weighted by Gasteiger charge is -1.97. The second kappa shape index (κ2) is 6.00. The molecule has 0 bridgehead atoms. The molecule has 0 amide bonds. The molecule has 0 spiro atoms. The van der Waals surface area contributed by atoms with Crippen molar-refractivity contribution in [3.05, 3.63) is 47.7 Å². The highest BCUT2D eigenvalue weighted by Crippen LogP contribution is 2.25. The van der Waals surface area contributed by atoms with Crippen molar-refractivity contribution in [3.8, 4) is 23.0 Å². The van der Waals surface area contributed by atoms with E-state index in [1.807, 2.05) is 24.3 Å². The van der Waals surface area contributed by atoms with Crippen LogP contribution < -0.4 is 0 Å². The van der Waals surface area contributed by atoms with Gasteiger partial charge in [0.25, 0.3) is 5.89 Å². The maximum absolute atomic E-state index is 11.3. The number of nitrogens with zero attached hydrogens (tertiary/aromatic N) is 2. The molecule has 0 N–H and O–H groups in total. The van der Waals surface area contributed by atoms with E-state index in [4.69, 9.17) is 8.94 Å². The minimum absolute atomic E-state index is 0.160. The summed E-state index contributed by atoms with van der Waals surface area (Å²) < 4.78 is 33.2. The predicted molar refractivity (Wildman–Crippen MR) is 85.4 cm³/mol. The number of aryl methyl sites for hydroxylation is 1. The maximum atomic E-state index is 11.3. The number of benzene rings is 1. The highest BCUT2D eigenvalue weighted by Gasteiger charge is 2.16. The van der Waals surface area contributed by atoms with Gasteiger partial charge in [0.15, 0.2) is 15.6 Å². The molecule has 0 saturated carbocycles. The molecule has 0 aliphatic heterocycles. The fraction of sp³-hybridized carbons (Fsp3) is 0.250. The SMILES string of the molecule is CCc1ccc(-c2noc(-c3ccc(CS(C)(=O)=O)o3)n2)cc1. The van der Waals surface area contributed by atoms with Crippen LogP contribution in [0.4, 0.5) is 0 Å². The molecule has 0 aliphatic rings. The van der Waals surface area contributed by atoms with Crippen molar-refractivity contribution < 1.29 is 17.4 Å². The Morgan fingerprint density at radius 2 is 1.83 bits per heavy atom. The van der Waals surface area contributed by atoms with Gasteiger partial charge in [-0.3, -0.25) is 0 Å². The molecular formula is C16H16N2O4S. The van der Waals surface area contributed by atoms with Gasteiger partial charge in [0.2, 0.25) is 5.82 Å². The molecule has 0 unspecified atom stereocenters. The summed E-state index contributed by atoms with van der Waals surface area (Å²) in [5, 5.41) is 3.94. The van der Waals surface area contributed by atoms with Crippen LogP contribution in [0.2, 0.25) is 0 Å². The van der Waals surface area contributed by atoms with E-state index in [0.717, 1.165) is 18.2 Å². The monoisotopic (exact) mass is 332 g/mol. The summed E-state index contributed by atoms with van der Waals surface area (Å²) in [6.07, 6.45) is 2.12. The molecular weight excluding hydrogens is 316 g/mol. The number of hydrogen-bond donors (Lipinski definition) is 0. The molecule has 0 radical (unpaired) electrons. The number of aromatic nitrogens is 2. The smallest absolute Gasteiger partial charge is 0.293 e. The minimum atomic E-state index is -3.15. The molecule has 3 aromatic rings. The Kier molecular flexibility index (Phi) is 4.04. The van der Waals surface area contributed by atoms with Crippen molar-refractivity contribution in [1.29, 1.82) is 0 Å². The summed E-state index contributed by atoms with van der Waals surface area (Å²) in [6, 6.07) is 11.1. The fourth-order valence-electron chi connectivity index (χ4n) is 2.16. The average Bonchev–Trinajstić information content (AvgIpc) is 3.14. The minimum Gasteiger partial charge on any atom is -0.455 e. The second-order valence-electron chi connectivity index (χ2n) is 5.31. The Balaban J connectivity index is 1.84. The molecule has 0 saturated heterocycles. The topological polar surface area (TPSA) is 86.2 Å². The van der Waals surface area contributed by atoms with Crippen molar-refractivity contribution in [3.63, 3.8) is 0 Å². The lowest BCUT2D eigenvalue weighted by molar-refractivity contribution is 0.413. The third-order valence-corrected chi connectivity index (χ3v) is 4.13. The maximum Gasteiger partial charge on any atom is 0.293 e. The summed E-state index contributed by atoms with van der Waals surface area (Å²) in [5.74, 6) is 1.22. The lowest BCUT2D eigenvalue weighted by atomic mass is 10.1. The van der Waals surface area contributed by atoms with Gasteiger partial charge in [0, 0.05) is 11.8 Å². The molecule has 3 rings (SSSR count). The molecule has 0 fully saturated rings. The van der Waals surface area contributed by atoms with Crippen LogP contribution >= 0.6 is 0 Å². The van der Waals surface area contributed by atoms with Crippen molar-refractivity contribution in [2.75, 3.05) is 6.26 Å². The Hall–Kier alpha value is -2.41. The van der Waals surface area contributed by atoms with Gasteiger partial charge >= 0.3 is 0 Å². The van der Waals surface area contributed by atoms with Crippen LogP contribution in [-0.2, 0) is 22.0 Å². The van der Waals surface area contributed by atoms with Crippen molar-refractivity contribution in [2.24, 2.45) is 0 Å². The van der Waals surface area contributed by atoms with Gasteiger partial charge in [-0.05, 0) is 24.1 Å². The summed E-state index contributed by atoms with van der Waals surface area (Å²) in [5.41, 5.74) is 2.08. The third kappa shape index (κ3) is 3.68. The normalized spacial score (nSPS) is 11.7. The number of hydrogen-bond acceptors (Lipinski definition) is 6. The molecule has 0 atom stereocenters. The van der Waals surface area contributed by atoms with Crippen molar-refractivity contribution in [1.82, 2.24) is 10.1 Å². The summed E-state index contributed by atoms with van der Waals surface area (Å²) in [7, 11) is -3.15. The zero-order valence-corrected chi connectivity index (χ0v) is 13.6. The summed E-state index contributed by atoms with van der Waals surface area (Å²) in [6.45, 7) is 2.09. The highest BCUT2D eigenvalue weighted by molar-refractivity contribution is 7.89. The Labute approximate surface area is 134 Å². The molecule has 6 nitrogen and oxygen atoms in total. The van der Waals surface area contributed by atoms with Crippen molar-refractivity contribution in [2.45, 2.75) is 19.1 Å². The molecule has 7 heteroatoms. The molecule has 0 aliphatic carbocycles.